The Labute approximate surface area is 102 Å². The van der Waals surface area contributed by atoms with Gasteiger partial charge in [0.1, 0.15) is 5.82 Å². The third-order valence-electron chi connectivity index (χ3n) is 3.34. The monoisotopic (exact) mass is 232 g/mol. The van der Waals surface area contributed by atoms with Gasteiger partial charge in [-0.25, -0.2) is 4.39 Å². The maximum Gasteiger partial charge on any atom is 0.123 e. The van der Waals surface area contributed by atoms with Crippen LogP contribution in [-0.2, 0) is 6.54 Å². The predicted octanol–water partition coefficient (Wildman–Crippen LogP) is 2.93. The van der Waals surface area contributed by atoms with E-state index in [1.807, 2.05) is 0 Å². The van der Waals surface area contributed by atoms with Crippen molar-refractivity contribution in [2.45, 2.75) is 26.8 Å². The molecule has 0 amide bonds. The Morgan fingerprint density at radius 3 is 2.82 bits per heavy atom. The molecule has 0 aliphatic carbocycles. The van der Waals surface area contributed by atoms with Gasteiger partial charge in [-0.1, -0.05) is 13.8 Å². The molecule has 0 unspecified atom stereocenters. The van der Waals surface area contributed by atoms with Crippen LogP contribution in [0.25, 0.3) is 0 Å². The first-order valence-corrected chi connectivity index (χ1v) is 5.91. The first-order chi connectivity index (χ1) is 8.00. The van der Waals surface area contributed by atoms with E-state index in [9.17, 15) is 4.39 Å². The molecule has 1 aliphatic rings. The van der Waals surface area contributed by atoms with Gasteiger partial charge >= 0.3 is 0 Å². The van der Waals surface area contributed by atoms with Gasteiger partial charge in [0.25, 0.3) is 0 Å². The lowest BCUT2D eigenvalue weighted by molar-refractivity contribution is 0.284. The molecule has 0 bridgehead atoms. The van der Waals surface area contributed by atoms with Crippen molar-refractivity contribution in [2.75, 3.05) is 13.1 Å². The van der Waals surface area contributed by atoms with E-state index in [2.05, 4.69) is 24.8 Å². The van der Waals surface area contributed by atoms with Gasteiger partial charge in [-0.2, -0.15) is 5.26 Å². The molecule has 0 atom stereocenters. The molecule has 0 aromatic heterocycles. The summed E-state index contributed by atoms with van der Waals surface area (Å²) in [6.07, 6.45) is 1.16. The molecule has 1 heterocycles. The van der Waals surface area contributed by atoms with Crippen LogP contribution in [0.15, 0.2) is 18.2 Å². The van der Waals surface area contributed by atoms with Gasteiger partial charge in [0.05, 0.1) is 11.6 Å². The van der Waals surface area contributed by atoms with E-state index >= 15 is 0 Å². The second kappa shape index (κ2) is 4.46. The molecule has 2 rings (SSSR count). The minimum atomic E-state index is -0.266. The standard InChI is InChI=1S/C14H17FN2/c1-14(2)5-6-17(10-14)9-12-7-13(15)4-3-11(12)8-16/h3-4,7H,5-6,9-10H2,1-2H3. The molecule has 2 nitrogen and oxygen atoms in total. The highest BCUT2D eigenvalue weighted by molar-refractivity contribution is 5.37. The molecule has 1 aromatic rings. The van der Waals surface area contributed by atoms with Crippen LogP contribution < -0.4 is 0 Å². The predicted molar refractivity (Wildman–Crippen MR) is 64.8 cm³/mol. The molecule has 0 saturated carbocycles. The first-order valence-electron chi connectivity index (χ1n) is 5.91. The van der Waals surface area contributed by atoms with Crippen LogP contribution in [0.4, 0.5) is 4.39 Å². The average molecular weight is 232 g/mol. The largest absolute Gasteiger partial charge is 0.298 e. The normalized spacial score (nSPS) is 19.2. The Kier molecular flexibility index (Phi) is 3.17. The molecule has 0 N–H and O–H groups in total. The zero-order valence-electron chi connectivity index (χ0n) is 10.3. The summed E-state index contributed by atoms with van der Waals surface area (Å²) in [6.45, 7) is 7.18. The molecule has 1 aliphatic heterocycles. The van der Waals surface area contributed by atoms with Crippen LogP contribution in [0.2, 0.25) is 0 Å². The number of benzene rings is 1. The Bertz CT molecular complexity index is 460. The van der Waals surface area contributed by atoms with Gasteiger partial charge < -0.3 is 0 Å². The van der Waals surface area contributed by atoms with Crippen molar-refractivity contribution >= 4 is 0 Å². The topological polar surface area (TPSA) is 27.0 Å². The van der Waals surface area contributed by atoms with E-state index in [4.69, 9.17) is 5.26 Å². The van der Waals surface area contributed by atoms with Gasteiger partial charge in [0.15, 0.2) is 0 Å². The van der Waals surface area contributed by atoms with Crippen molar-refractivity contribution in [1.29, 1.82) is 5.26 Å². The highest BCUT2D eigenvalue weighted by Gasteiger charge is 2.29. The van der Waals surface area contributed by atoms with E-state index < -0.39 is 0 Å². The number of likely N-dealkylation sites (tertiary alicyclic amines) is 1. The zero-order valence-corrected chi connectivity index (χ0v) is 10.3. The summed E-state index contributed by atoms with van der Waals surface area (Å²) in [7, 11) is 0. The number of hydrogen-bond donors (Lipinski definition) is 0. The average Bonchev–Trinajstić information content (AvgIpc) is 2.58. The van der Waals surface area contributed by atoms with Gasteiger partial charge in [-0.05, 0) is 42.1 Å². The van der Waals surface area contributed by atoms with Gasteiger partial charge in [-0.15, -0.1) is 0 Å². The number of nitriles is 1. The molecule has 3 heteroatoms. The van der Waals surface area contributed by atoms with Crippen LogP contribution in [0.5, 0.6) is 0 Å². The molecular weight excluding hydrogens is 215 g/mol. The van der Waals surface area contributed by atoms with Crippen LogP contribution in [0.1, 0.15) is 31.4 Å². The first kappa shape index (κ1) is 12.1. The van der Waals surface area contributed by atoms with E-state index in [0.29, 0.717) is 17.5 Å². The fourth-order valence-electron chi connectivity index (χ4n) is 2.40. The Morgan fingerprint density at radius 2 is 2.24 bits per heavy atom. The van der Waals surface area contributed by atoms with Crippen LogP contribution >= 0.6 is 0 Å². The minimum Gasteiger partial charge on any atom is -0.298 e. The summed E-state index contributed by atoms with van der Waals surface area (Å²) >= 11 is 0. The summed E-state index contributed by atoms with van der Waals surface area (Å²) in [4.78, 5) is 2.29. The van der Waals surface area contributed by atoms with Crippen molar-refractivity contribution in [1.82, 2.24) is 4.90 Å². The maximum atomic E-state index is 13.2. The Hall–Kier alpha value is -1.40. The Balaban J connectivity index is 2.14. The fourth-order valence-corrected chi connectivity index (χ4v) is 2.40. The Morgan fingerprint density at radius 1 is 1.47 bits per heavy atom. The molecule has 0 radical (unpaired) electrons. The summed E-state index contributed by atoms with van der Waals surface area (Å²) in [5, 5.41) is 8.99. The zero-order chi connectivity index (χ0) is 12.5. The SMILES string of the molecule is CC1(C)CCN(Cc2cc(F)ccc2C#N)C1. The van der Waals surface area contributed by atoms with Gasteiger partial charge in [-0.3, -0.25) is 4.90 Å². The van der Waals surface area contributed by atoms with Gasteiger partial charge in [0, 0.05) is 13.1 Å². The smallest absolute Gasteiger partial charge is 0.123 e. The maximum absolute atomic E-state index is 13.2. The third kappa shape index (κ3) is 2.83. The van der Waals surface area contributed by atoms with Crippen molar-refractivity contribution in [3.63, 3.8) is 0 Å². The highest BCUT2D eigenvalue weighted by Crippen LogP contribution is 2.30. The summed E-state index contributed by atoms with van der Waals surface area (Å²) in [6, 6.07) is 6.50. The minimum absolute atomic E-state index is 0.266. The number of nitrogens with zero attached hydrogens (tertiary/aromatic N) is 2. The van der Waals surface area contributed by atoms with Crippen LogP contribution in [-0.4, -0.2) is 18.0 Å². The number of rotatable bonds is 2. The summed E-state index contributed by atoms with van der Waals surface area (Å²) < 4.78 is 13.2. The van der Waals surface area contributed by atoms with Crippen molar-refractivity contribution in [3.05, 3.63) is 35.1 Å². The van der Waals surface area contributed by atoms with Crippen molar-refractivity contribution < 1.29 is 4.39 Å². The molecular formula is C14H17FN2. The fraction of sp³-hybridized carbons (Fsp3) is 0.500. The van der Waals surface area contributed by atoms with Crippen molar-refractivity contribution in [2.24, 2.45) is 5.41 Å². The van der Waals surface area contributed by atoms with E-state index in [1.165, 1.54) is 12.1 Å². The molecule has 0 spiro atoms. The second-order valence-corrected chi connectivity index (χ2v) is 5.54. The molecule has 1 saturated heterocycles. The lowest BCUT2D eigenvalue weighted by Gasteiger charge is -2.20. The second-order valence-electron chi connectivity index (χ2n) is 5.54. The van der Waals surface area contributed by atoms with Crippen LogP contribution in [0, 0.1) is 22.6 Å². The van der Waals surface area contributed by atoms with E-state index in [0.717, 1.165) is 25.1 Å². The van der Waals surface area contributed by atoms with E-state index in [1.54, 1.807) is 6.07 Å². The van der Waals surface area contributed by atoms with Crippen molar-refractivity contribution in [3.8, 4) is 6.07 Å². The lowest BCUT2D eigenvalue weighted by atomic mass is 9.93. The molecule has 1 aromatic carbocycles. The number of hydrogen-bond acceptors (Lipinski definition) is 2. The van der Waals surface area contributed by atoms with Crippen LogP contribution in [0.3, 0.4) is 0 Å². The summed E-state index contributed by atoms with van der Waals surface area (Å²) in [5.74, 6) is -0.266. The molecule has 90 valence electrons. The molecule has 1 fully saturated rings. The van der Waals surface area contributed by atoms with E-state index in [-0.39, 0.29) is 5.82 Å². The molecule has 17 heavy (non-hydrogen) atoms. The third-order valence-corrected chi connectivity index (χ3v) is 3.34. The summed E-state index contributed by atoms with van der Waals surface area (Å²) in [5.41, 5.74) is 1.71. The van der Waals surface area contributed by atoms with Gasteiger partial charge in [0.2, 0.25) is 0 Å². The highest BCUT2D eigenvalue weighted by atomic mass is 19.1. The quantitative estimate of drug-likeness (QED) is 0.784. The number of halogens is 1. The lowest BCUT2D eigenvalue weighted by Crippen LogP contribution is -2.23.